The first-order valence-corrected chi connectivity index (χ1v) is 14.4. The van der Waals surface area contributed by atoms with E-state index in [4.69, 9.17) is 9.57 Å². The number of carbonyl (C=O) groups excluding carboxylic acids is 1. The third-order valence-electron chi connectivity index (χ3n) is 6.15. The molecule has 3 aromatic carbocycles. The lowest BCUT2D eigenvalue weighted by atomic mass is 9.99. The first-order chi connectivity index (χ1) is 19.4. The lowest BCUT2D eigenvalue weighted by molar-refractivity contribution is 0.0829. The number of halogens is 2. The van der Waals surface area contributed by atoms with Crippen molar-refractivity contribution in [1.29, 1.82) is 0 Å². The van der Waals surface area contributed by atoms with Crippen molar-refractivity contribution in [3.63, 3.8) is 0 Å². The molecule has 0 aromatic heterocycles. The van der Waals surface area contributed by atoms with Gasteiger partial charge < -0.3 is 20.5 Å². The van der Waals surface area contributed by atoms with Crippen molar-refractivity contribution < 1.29 is 36.7 Å². The highest BCUT2D eigenvalue weighted by molar-refractivity contribution is 7.90. The number of nitrogens with one attached hydrogen (secondary N) is 3. The van der Waals surface area contributed by atoms with Crippen LogP contribution in [0.25, 0.3) is 5.70 Å². The number of methoxy groups -OCH3 is 1. The van der Waals surface area contributed by atoms with Crippen LogP contribution in [-0.2, 0) is 27.6 Å². The van der Waals surface area contributed by atoms with Gasteiger partial charge in [-0.3, -0.25) is 15.1 Å². The summed E-state index contributed by atoms with van der Waals surface area (Å²) in [5.74, 6) is -1.64. The predicted octanol–water partition coefficient (Wildman–Crippen LogP) is 2.99. The minimum atomic E-state index is -3.72. The Morgan fingerprint density at radius 2 is 1.68 bits per heavy atom. The molecule has 220 valence electrons. The van der Waals surface area contributed by atoms with Gasteiger partial charge in [0, 0.05) is 36.5 Å². The zero-order valence-corrected chi connectivity index (χ0v) is 23.7. The Kier molecular flexibility index (Phi) is 11.0. The van der Waals surface area contributed by atoms with E-state index in [0.29, 0.717) is 12.3 Å². The van der Waals surface area contributed by atoms with Gasteiger partial charge in [0.15, 0.2) is 9.84 Å². The number of aliphatic hydroxyl groups is 1. The number of sulfone groups is 1. The largest absolute Gasteiger partial charge is 0.497 e. The van der Waals surface area contributed by atoms with Gasteiger partial charge in [0.2, 0.25) is 0 Å². The zero-order chi connectivity index (χ0) is 30.2. The van der Waals surface area contributed by atoms with E-state index in [9.17, 15) is 27.1 Å². The third-order valence-corrected chi connectivity index (χ3v) is 7.24. The SMILES string of the molecule is C=C(NOC)c1cc(C(=O)N[C@@H](Cc2cc(F)cc(F)c2)[C@H](O)CNCc2cccc(OC)c2)cc(S(C)(=O)=O)c1. The van der Waals surface area contributed by atoms with Gasteiger partial charge in [-0.2, -0.15) is 0 Å². The molecule has 0 radical (unpaired) electrons. The molecule has 3 rings (SSSR count). The average Bonchev–Trinajstić information content (AvgIpc) is 2.91. The van der Waals surface area contributed by atoms with Gasteiger partial charge in [0.25, 0.3) is 5.91 Å². The predicted molar refractivity (Wildman–Crippen MR) is 151 cm³/mol. The van der Waals surface area contributed by atoms with E-state index in [0.717, 1.165) is 30.0 Å². The van der Waals surface area contributed by atoms with Crippen molar-refractivity contribution in [1.82, 2.24) is 16.1 Å². The monoisotopic (exact) mass is 589 g/mol. The van der Waals surface area contributed by atoms with Crippen molar-refractivity contribution in [3.05, 3.63) is 101 Å². The molecule has 4 N–H and O–H groups in total. The van der Waals surface area contributed by atoms with Crippen LogP contribution in [0.1, 0.15) is 27.0 Å². The van der Waals surface area contributed by atoms with Crippen molar-refractivity contribution >= 4 is 21.4 Å². The highest BCUT2D eigenvalue weighted by Gasteiger charge is 2.24. The standard InChI is InChI=1S/C29H33F2N3O6S/c1-18(34-40-3)21-12-22(14-26(13-21)41(4,37)38)29(36)33-27(11-20-8-23(30)15-24(31)9-20)28(35)17-32-16-19-6-5-7-25(10-19)39-2/h5-10,12-15,27-28,32,34-35H,1,11,16-17H2,2-4H3,(H,33,36)/t27-,28+/m0/s1. The summed E-state index contributed by atoms with van der Waals surface area (Å²) < 4.78 is 57.6. The normalized spacial score (nSPS) is 12.8. The Hall–Kier alpha value is -3.84. The van der Waals surface area contributed by atoms with Crippen LogP contribution < -0.4 is 20.9 Å². The minimum absolute atomic E-state index is 0.0170. The van der Waals surface area contributed by atoms with E-state index in [2.05, 4.69) is 22.7 Å². The van der Waals surface area contributed by atoms with E-state index in [-0.39, 0.29) is 40.2 Å². The summed E-state index contributed by atoms with van der Waals surface area (Å²) in [6.07, 6.45) is -0.309. The molecule has 2 atom stereocenters. The van der Waals surface area contributed by atoms with E-state index in [1.165, 1.54) is 25.3 Å². The summed E-state index contributed by atoms with van der Waals surface area (Å²) in [6, 6.07) is 13.2. The molecular formula is C29H33F2N3O6S. The van der Waals surface area contributed by atoms with Crippen LogP contribution in [0.3, 0.4) is 0 Å². The van der Waals surface area contributed by atoms with Gasteiger partial charge in [-0.15, -0.1) is 0 Å². The second kappa shape index (κ2) is 14.2. The van der Waals surface area contributed by atoms with Crippen LogP contribution in [-0.4, -0.2) is 58.6 Å². The van der Waals surface area contributed by atoms with Gasteiger partial charge in [0.1, 0.15) is 17.4 Å². The fourth-order valence-corrected chi connectivity index (χ4v) is 4.79. The molecule has 0 aliphatic carbocycles. The number of aliphatic hydroxyl groups excluding tert-OH is 1. The lowest BCUT2D eigenvalue weighted by Gasteiger charge is -2.25. The second-order valence-electron chi connectivity index (χ2n) is 9.41. The highest BCUT2D eigenvalue weighted by Crippen LogP contribution is 2.21. The van der Waals surface area contributed by atoms with Crippen molar-refractivity contribution in [2.45, 2.75) is 30.0 Å². The molecule has 0 unspecified atom stereocenters. The lowest BCUT2D eigenvalue weighted by Crippen LogP contribution is -2.48. The molecular weight excluding hydrogens is 556 g/mol. The number of benzene rings is 3. The van der Waals surface area contributed by atoms with Gasteiger partial charge in [0.05, 0.1) is 37.0 Å². The summed E-state index contributed by atoms with van der Waals surface area (Å²) in [7, 11) is -0.815. The molecule has 3 aromatic rings. The van der Waals surface area contributed by atoms with Crippen LogP contribution >= 0.6 is 0 Å². The summed E-state index contributed by atoms with van der Waals surface area (Å²) in [4.78, 5) is 18.1. The number of hydrogen-bond donors (Lipinski definition) is 4. The first kappa shape index (κ1) is 31.7. The maximum atomic E-state index is 13.9. The maximum absolute atomic E-state index is 13.9. The summed E-state index contributed by atoms with van der Waals surface area (Å²) >= 11 is 0. The molecule has 1 amide bonds. The molecule has 0 saturated carbocycles. The van der Waals surface area contributed by atoms with E-state index < -0.39 is 39.5 Å². The van der Waals surface area contributed by atoms with E-state index >= 15 is 0 Å². The van der Waals surface area contributed by atoms with Gasteiger partial charge in [-0.25, -0.2) is 17.2 Å². The molecule has 0 fully saturated rings. The van der Waals surface area contributed by atoms with Crippen molar-refractivity contribution in [2.75, 3.05) is 27.0 Å². The Morgan fingerprint density at radius 1 is 1.00 bits per heavy atom. The molecule has 0 bridgehead atoms. The number of ether oxygens (including phenoxy) is 1. The van der Waals surface area contributed by atoms with E-state index in [1.54, 1.807) is 13.2 Å². The van der Waals surface area contributed by atoms with Gasteiger partial charge >= 0.3 is 0 Å². The second-order valence-corrected chi connectivity index (χ2v) is 11.4. The molecule has 0 aliphatic rings. The van der Waals surface area contributed by atoms with Crippen molar-refractivity contribution in [3.8, 4) is 5.75 Å². The maximum Gasteiger partial charge on any atom is 0.251 e. The van der Waals surface area contributed by atoms with Crippen LogP contribution in [0.15, 0.2) is 72.1 Å². The number of hydrogen-bond acceptors (Lipinski definition) is 8. The number of hydroxylamine groups is 1. The molecule has 9 nitrogen and oxygen atoms in total. The summed E-state index contributed by atoms with van der Waals surface area (Å²) in [6.45, 7) is 4.17. The number of rotatable bonds is 14. The first-order valence-electron chi connectivity index (χ1n) is 12.5. The molecule has 41 heavy (non-hydrogen) atoms. The molecule has 12 heteroatoms. The zero-order valence-electron chi connectivity index (χ0n) is 22.9. The molecule has 0 saturated heterocycles. The quantitative estimate of drug-likeness (QED) is 0.212. The highest BCUT2D eigenvalue weighted by atomic mass is 32.2. The van der Waals surface area contributed by atoms with E-state index in [1.807, 2.05) is 18.2 Å². The molecule has 0 heterocycles. The van der Waals surface area contributed by atoms with Crippen LogP contribution in [0.5, 0.6) is 5.75 Å². The van der Waals surface area contributed by atoms with Crippen molar-refractivity contribution in [2.24, 2.45) is 0 Å². The van der Waals surface area contributed by atoms with Gasteiger partial charge in [-0.1, -0.05) is 18.7 Å². The summed E-state index contributed by atoms with van der Waals surface area (Å²) in [5, 5.41) is 16.9. The minimum Gasteiger partial charge on any atom is -0.497 e. The van der Waals surface area contributed by atoms with Gasteiger partial charge in [-0.05, 0) is 60.0 Å². The topological polar surface area (TPSA) is 126 Å². The summed E-state index contributed by atoms with van der Waals surface area (Å²) in [5.41, 5.74) is 4.06. The fourth-order valence-electron chi connectivity index (χ4n) is 4.11. The molecule has 0 spiro atoms. The third kappa shape index (κ3) is 9.35. The molecule has 0 aliphatic heterocycles. The number of amides is 1. The Balaban J connectivity index is 1.86. The number of carbonyl (C=O) groups is 1. The fraction of sp³-hybridized carbons (Fsp3) is 0.276. The Bertz CT molecular complexity index is 1480. The average molecular weight is 590 g/mol. The van der Waals surface area contributed by atoms with Crippen LogP contribution in [0, 0.1) is 11.6 Å². The smallest absolute Gasteiger partial charge is 0.251 e. The Labute approximate surface area is 238 Å². The van der Waals surface area contributed by atoms with Crippen LogP contribution in [0.2, 0.25) is 0 Å². The Morgan fingerprint density at radius 3 is 2.32 bits per heavy atom. The van der Waals surface area contributed by atoms with Crippen LogP contribution in [0.4, 0.5) is 8.78 Å².